The van der Waals surface area contributed by atoms with Crippen LogP contribution in [0.5, 0.6) is 0 Å². The second kappa shape index (κ2) is 5.80. The number of halogens is 1. The number of pyridine rings is 1. The summed E-state index contributed by atoms with van der Waals surface area (Å²) in [6, 6.07) is 11.5. The maximum Gasteiger partial charge on any atom is 0.0963 e. The van der Waals surface area contributed by atoms with Crippen LogP contribution in [0.1, 0.15) is 11.7 Å². The summed E-state index contributed by atoms with van der Waals surface area (Å²) in [5, 5.41) is 13.1. The molecule has 17 heavy (non-hydrogen) atoms. The molecule has 2 aromatic rings. The lowest BCUT2D eigenvalue weighted by Gasteiger charge is -2.12. The van der Waals surface area contributed by atoms with Gasteiger partial charge < -0.3 is 10.4 Å². The largest absolute Gasteiger partial charge is 0.387 e. The van der Waals surface area contributed by atoms with Crippen molar-refractivity contribution in [3.05, 3.63) is 58.8 Å². The van der Waals surface area contributed by atoms with Gasteiger partial charge in [-0.25, -0.2) is 0 Å². The first-order valence-corrected chi connectivity index (χ1v) is 6.12. The minimum atomic E-state index is -0.526. The molecular formula is C13H13BrN2O. The van der Waals surface area contributed by atoms with Crippen molar-refractivity contribution in [2.45, 2.75) is 6.10 Å². The van der Waals surface area contributed by atoms with Gasteiger partial charge in [-0.1, -0.05) is 15.9 Å². The highest BCUT2D eigenvalue weighted by Crippen LogP contribution is 2.16. The van der Waals surface area contributed by atoms with E-state index in [2.05, 4.69) is 26.2 Å². The maximum absolute atomic E-state index is 9.94. The lowest BCUT2D eigenvalue weighted by molar-refractivity contribution is 0.191. The molecule has 88 valence electrons. The monoisotopic (exact) mass is 292 g/mol. The van der Waals surface area contributed by atoms with Gasteiger partial charge in [0.2, 0.25) is 0 Å². The lowest BCUT2D eigenvalue weighted by Crippen LogP contribution is -2.11. The summed E-state index contributed by atoms with van der Waals surface area (Å²) in [5.41, 5.74) is 1.85. The summed E-state index contributed by atoms with van der Waals surface area (Å²) in [5.74, 6) is 0. The van der Waals surface area contributed by atoms with Crippen molar-refractivity contribution < 1.29 is 5.11 Å². The molecular weight excluding hydrogens is 280 g/mol. The van der Waals surface area contributed by atoms with Crippen LogP contribution >= 0.6 is 15.9 Å². The molecule has 1 atom stereocenters. The van der Waals surface area contributed by atoms with Crippen molar-refractivity contribution in [3.63, 3.8) is 0 Å². The number of hydrogen-bond donors (Lipinski definition) is 2. The zero-order chi connectivity index (χ0) is 12.1. The summed E-state index contributed by atoms with van der Waals surface area (Å²) in [6.45, 7) is 0.478. The number of nitrogens with one attached hydrogen (secondary N) is 1. The molecule has 0 saturated carbocycles. The van der Waals surface area contributed by atoms with E-state index >= 15 is 0 Å². The Morgan fingerprint density at radius 1 is 1.12 bits per heavy atom. The minimum absolute atomic E-state index is 0.478. The fourth-order valence-electron chi connectivity index (χ4n) is 1.49. The summed E-state index contributed by atoms with van der Waals surface area (Å²) < 4.78 is 1.04. The van der Waals surface area contributed by atoms with Gasteiger partial charge in [-0.15, -0.1) is 0 Å². The van der Waals surface area contributed by atoms with Gasteiger partial charge in [0.05, 0.1) is 6.10 Å². The number of aliphatic hydroxyl groups is 1. The third-order valence-corrected chi connectivity index (χ3v) is 2.96. The predicted molar refractivity (Wildman–Crippen MR) is 71.8 cm³/mol. The topological polar surface area (TPSA) is 45.1 Å². The number of benzene rings is 1. The van der Waals surface area contributed by atoms with E-state index in [0.717, 1.165) is 15.7 Å². The Morgan fingerprint density at radius 2 is 1.76 bits per heavy atom. The first-order valence-electron chi connectivity index (χ1n) is 5.33. The molecule has 0 aliphatic rings. The van der Waals surface area contributed by atoms with Crippen LogP contribution in [0.3, 0.4) is 0 Å². The number of rotatable bonds is 4. The number of aromatic nitrogens is 1. The molecule has 1 aromatic carbocycles. The van der Waals surface area contributed by atoms with Gasteiger partial charge in [0, 0.05) is 29.1 Å². The maximum atomic E-state index is 9.94. The Kier molecular flexibility index (Phi) is 4.12. The second-order valence-electron chi connectivity index (χ2n) is 3.68. The fourth-order valence-corrected chi connectivity index (χ4v) is 1.75. The molecule has 3 nitrogen and oxygen atoms in total. The first kappa shape index (κ1) is 12.1. The van der Waals surface area contributed by atoms with Gasteiger partial charge in [0.1, 0.15) is 0 Å². The van der Waals surface area contributed by atoms with E-state index < -0.39 is 6.10 Å². The SMILES string of the molecule is OC(CNc1ccc(Br)cc1)c1ccncc1. The predicted octanol–water partition coefficient (Wildman–Crippen LogP) is 2.99. The third-order valence-electron chi connectivity index (χ3n) is 2.43. The van der Waals surface area contributed by atoms with E-state index in [4.69, 9.17) is 0 Å². The van der Waals surface area contributed by atoms with Gasteiger partial charge in [-0.05, 0) is 42.0 Å². The molecule has 2 rings (SSSR count). The van der Waals surface area contributed by atoms with Crippen molar-refractivity contribution in [1.82, 2.24) is 4.98 Å². The molecule has 0 bridgehead atoms. The van der Waals surface area contributed by atoms with Crippen molar-refractivity contribution in [3.8, 4) is 0 Å². The van der Waals surface area contributed by atoms with Gasteiger partial charge >= 0.3 is 0 Å². The van der Waals surface area contributed by atoms with Crippen LogP contribution in [-0.2, 0) is 0 Å². The molecule has 0 saturated heterocycles. The zero-order valence-corrected chi connectivity index (χ0v) is 10.8. The van der Waals surface area contributed by atoms with Crippen LogP contribution in [0.4, 0.5) is 5.69 Å². The second-order valence-corrected chi connectivity index (χ2v) is 4.60. The molecule has 0 spiro atoms. The number of nitrogens with zero attached hydrogens (tertiary/aromatic N) is 1. The molecule has 2 N–H and O–H groups in total. The van der Waals surface area contributed by atoms with E-state index in [0.29, 0.717) is 6.54 Å². The van der Waals surface area contributed by atoms with Crippen molar-refractivity contribution in [2.24, 2.45) is 0 Å². The van der Waals surface area contributed by atoms with Gasteiger partial charge in [0.15, 0.2) is 0 Å². The van der Waals surface area contributed by atoms with E-state index in [1.54, 1.807) is 12.4 Å². The summed E-state index contributed by atoms with van der Waals surface area (Å²) in [7, 11) is 0. The standard InChI is InChI=1S/C13H13BrN2O/c14-11-1-3-12(4-2-11)16-9-13(17)10-5-7-15-8-6-10/h1-8,13,16-17H,9H2. The Hall–Kier alpha value is -1.39. The number of hydrogen-bond acceptors (Lipinski definition) is 3. The van der Waals surface area contributed by atoms with Gasteiger partial charge in [-0.3, -0.25) is 4.98 Å². The lowest BCUT2D eigenvalue weighted by atomic mass is 10.1. The molecule has 0 aliphatic carbocycles. The Morgan fingerprint density at radius 3 is 2.41 bits per heavy atom. The van der Waals surface area contributed by atoms with Gasteiger partial charge in [0.25, 0.3) is 0 Å². The Labute approximate surface area is 109 Å². The third kappa shape index (κ3) is 3.54. The molecule has 0 fully saturated rings. The summed E-state index contributed by atoms with van der Waals surface area (Å²) in [6.07, 6.45) is 2.83. The quantitative estimate of drug-likeness (QED) is 0.911. The van der Waals surface area contributed by atoms with E-state index in [1.165, 1.54) is 0 Å². The molecule has 0 aliphatic heterocycles. The van der Waals surface area contributed by atoms with Crippen LogP contribution in [0, 0.1) is 0 Å². The van der Waals surface area contributed by atoms with E-state index in [-0.39, 0.29) is 0 Å². The zero-order valence-electron chi connectivity index (χ0n) is 9.18. The molecule has 0 amide bonds. The smallest absolute Gasteiger partial charge is 0.0963 e. The van der Waals surface area contributed by atoms with Gasteiger partial charge in [-0.2, -0.15) is 0 Å². The normalized spacial score (nSPS) is 12.1. The van der Waals surface area contributed by atoms with Crippen molar-refractivity contribution in [1.29, 1.82) is 0 Å². The van der Waals surface area contributed by atoms with Crippen LogP contribution in [0.25, 0.3) is 0 Å². The molecule has 1 heterocycles. The minimum Gasteiger partial charge on any atom is -0.387 e. The van der Waals surface area contributed by atoms with E-state index in [1.807, 2.05) is 36.4 Å². The summed E-state index contributed by atoms with van der Waals surface area (Å²) in [4.78, 5) is 3.92. The summed E-state index contributed by atoms with van der Waals surface area (Å²) >= 11 is 3.38. The average molecular weight is 293 g/mol. The first-order chi connectivity index (χ1) is 8.25. The van der Waals surface area contributed by atoms with Crippen LogP contribution in [0.2, 0.25) is 0 Å². The highest BCUT2D eigenvalue weighted by molar-refractivity contribution is 9.10. The van der Waals surface area contributed by atoms with E-state index in [9.17, 15) is 5.11 Å². The Balaban J connectivity index is 1.92. The molecule has 0 radical (unpaired) electrons. The van der Waals surface area contributed by atoms with Crippen molar-refractivity contribution in [2.75, 3.05) is 11.9 Å². The highest BCUT2D eigenvalue weighted by Gasteiger charge is 2.06. The van der Waals surface area contributed by atoms with Crippen LogP contribution in [-0.4, -0.2) is 16.6 Å². The molecule has 1 aromatic heterocycles. The number of anilines is 1. The van der Waals surface area contributed by atoms with Crippen molar-refractivity contribution >= 4 is 21.6 Å². The fraction of sp³-hybridized carbons (Fsp3) is 0.154. The van der Waals surface area contributed by atoms with Crippen LogP contribution in [0.15, 0.2) is 53.3 Å². The Bertz CT molecular complexity index is 459. The molecule has 1 unspecified atom stereocenters. The average Bonchev–Trinajstić information content (AvgIpc) is 2.39. The molecule has 4 heteroatoms. The van der Waals surface area contributed by atoms with Crippen LogP contribution < -0.4 is 5.32 Å². The highest BCUT2D eigenvalue weighted by atomic mass is 79.9. The number of aliphatic hydroxyl groups excluding tert-OH is 1.